The first-order valence-corrected chi connectivity index (χ1v) is 8.12. The summed E-state index contributed by atoms with van der Waals surface area (Å²) in [5.41, 5.74) is 4.01. The molecule has 0 radical (unpaired) electrons. The number of benzene rings is 2. The Morgan fingerprint density at radius 1 is 0.905 bits per heavy atom. The zero-order valence-corrected chi connectivity index (χ0v) is 13.8. The zero-order valence-electron chi connectivity index (χ0n) is 13.1. The lowest BCUT2D eigenvalue weighted by Gasteiger charge is -2.23. The van der Waals surface area contributed by atoms with E-state index in [0.717, 1.165) is 17.9 Å². The topological polar surface area (TPSA) is 12.0 Å². The minimum absolute atomic E-state index is 0.304. The number of aryl methyl sites for hydroxylation is 1. The van der Waals surface area contributed by atoms with Crippen LogP contribution in [0.15, 0.2) is 48.5 Å². The second kappa shape index (κ2) is 7.63. The molecule has 0 amide bonds. The first-order chi connectivity index (χ1) is 10.1. The number of hydrogen-bond acceptors (Lipinski definition) is 1. The Bertz CT molecular complexity index is 545. The van der Waals surface area contributed by atoms with Gasteiger partial charge in [-0.25, -0.2) is 0 Å². The van der Waals surface area contributed by atoms with Crippen LogP contribution in [0, 0.1) is 0 Å². The summed E-state index contributed by atoms with van der Waals surface area (Å²) in [6.45, 7) is 6.61. The van der Waals surface area contributed by atoms with Crippen LogP contribution in [0.3, 0.4) is 0 Å². The summed E-state index contributed by atoms with van der Waals surface area (Å²) in [6.07, 6.45) is 2.16. The number of hydrogen-bond donors (Lipinski definition) is 1. The molecule has 2 atom stereocenters. The van der Waals surface area contributed by atoms with Crippen molar-refractivity contribution in [3.05, 3.63) is 70.2 Å². The summed E-state index contributed by atoms with van der Waals surface area (Å²) >= 11 is 5.95. The fourth-order valence-corrected chi connectivity index (χ4v) is 2.71. The minimum atomic E-state index is 0.304. The van der Waals surface area contributed by atoms with E-state index in [1.165, 1.54) is 16.7 Å². The lowest BCUT2D eigenvalue weighted by atomic mass is 9.99. The Morgan fingerprint density at radius 3 is 2.00 bits per heavy atom. The predicted molar refractivity (Wildman–Crippen MR) is 91.9 cm³/mol. The summed E-state index contributed by atoms with van der Waals surface area (Å²) in [6, 6.07) is 17.7. The van der Waals surface area contributed by atoms with E-state index in [9.17, 15) is 0 Å². The summed E-state index contributed by atoms with van der Waals surface area (Å²) < 4.78 is 0. The van der Waals surface area contributed by atoms with Gasteiger partial charge < -0.3 is 5.32 Å². The van der Waals surface area contributed by atoms with Gasteiger partial charge in [0.05, 0.1) is 0 Å². The third-order valence-electron chi connectivity index (χ3n) is 4.02. The smallest absolute Gasteiger partial charge is 0.0406 e. The molecule has 2 aromatic rings. The van der Waals surface area contributed by atoms with E-state index in [2.05, 4.69) is 62.5 Å². The van der Waals surface area contributed by atoms with E-state index < -0.39 is 0 Å². The van der Waals surface area contributed by atoms with Gasteiger partial charge in [-0.15, -0.1) is 0 Å². The second-order valence-corrected chi connectivity index (χ2v) is 5.93. The molecule has 0 saturated heterocycles. The maximum atomic E-state index is 5.95. The van der Waals surface area contributed by atoms with Gasteiger partial charge in [-0.1, -0.05) is 61.8 Å². The molecule has 0 heterocycles. The Kier molecular flexibility index (Phi) is 5.84. The van der Waals surface area contributed by atoms with Crippen LogP contribution in [0.5, 0.6) is 0 Å². The van der Waals surface area contributed by atoms with Crippen LogP contribution in [0.4, 0.5) is 0 Å². The fraction of sp³-hybridized carbons (Fsp3) is 0.368. The van der Waals surface area contributed by atoms with Gasteiger partial charge in [0.15, 0.2) is 0 Å². The van der Waals surface area contributed by atoms with Crippen molar-refractivity contribution < 1.29 is 0 Å². The predicted octanol–water partition coefficient (Wildman–Crippen LogP) is 5.70. The molecule has 0 aliphatic heterocycles. The number of halogens is 1. The van der Waals surface area contributed by atoms with Crippen LogP contribution in [-0.4, -0.2) is 0 Å². The lowest BCUT2D eigenvalue weighted by molar-refractivity contribution is 0.456. The first-order valence-electron chi connectivity index (χ1n) is 7.74. The highest BCUT2D eigenvalue weighted by Crippen LogP contribution is 2.23. The van der Waals surface area contributed by atoms with Gasteiger partial charge in [-0.05, 0) is 48.6 Å². The monoisotopic (exact) mass is 301 g/mol. The van der Waals surface area contributed by atoms with Gasteiger partial charge in [0, 0.05) is 17.1 Å². The van der Waals surface area contributed by atoms with Crippen molar-refractivity contribution in [3.63, 3.8) is 0 Å². The molecule has 0 aliphatic rings. The van der Waals surface area contributed by atoms with Crippen molar-refractivity contribution in [2.75, 3.05) is 0 Å². The van der Waals surface area contributed by atoms with Gasteiger partial charge in [-0.2, -0.15) is 0 Å². The fourth-order valence-electron chi connectivity index (χ4n) is 2.58. The SMILES string of the molecule is CCc1ccc(C(CC)N[C@H](C)c2ccc(Cl)cc2)cc1. The highest BCUT2D eigenvalue weighted by molar-refractivity contribution is 6.30. The lowest BCUT2D eigenvalue weighted by Crippen LogP contribution is -2.24. The average Bonchev–Trinajstić information content (AvgIpc) is 2.53. The van der Waals surface area contributed by atoms with Crippen molar-refractivity contribution >= 4 is 11.6 Å². The van der Waals surface area contributed by atoms with Gasteiger partial charge in [0.1, 0.15) is 0 Å². The van der Waals surface area contributed by atoms with Gasteiger partial charge >= 0.3 is 0 Å². The van der Waals surface area contributed by atoms with Gasteiger partial charge in [0.25, 0.3) is 0 Å². The van der Waals surface area contributed by atoms with E-state index in [0.29, 0.717) is 12.1 Å². The maximum Gasteiger partial charge on any atom is 0.0406 e. The van der Waals surface area contributed by atoms with Crippen molar-refractivity contribution in [1.29, 1.82) is 0 Å². The van der Waals surface area contributed by atoms with E-state index in [1.807, 2.05) is 12.1 Å². The van der Waals surface area contributed by atoms with Crippen molar-refractivity contribution in [1.82, 2.24) is 5.32 Å². The van der Waals surface area contributed by atoms with Gasteiger partial charge in [-0.3, -0.25) is 0 Å². The molecular formula is C19H24ClN. The summed E-state index contributed by atoms with van der Waals surface area (Å²) in [5.74, 6) is 0. The van der Waals surface area contributed by atoms with Crippen LogP contribution in [0.2, 0.25) is 5.02 Å². The van der Waals surface area contributed by atoms with Crippen molar-refractivity contribution in [3.8, 4) is 0 Å². The third-order valence-corrected chi connectivity index (χ3v) is 4.27. The highest BCUT2D eigenvalue weighted by atomic mass is 35.5. The molecule has 112 valence electrons. The Hall–Kier alpha value is -1.31. The van der Waals surface area contributed by atoms with E-state index >= 15 is 0 Å². The molecule has 0 spiro atoms. The zero-order chi connectivity index (χ0) is 15.2. The molecule has 1 unspecified atom stereocenters. The Morgan fingerprint density at radius 2 is 1.48 bits per heavy atom. The highest BCUT2D eigenvalue weighted by Gasteiger charge is 2.13. The van der Waals surface area contributed by atoms with Crippen LogP contribution < -0.4 is 5.32 Å². The van der Waals surface area contributed by atoms with Crippen molar-refractivity contribution in [2.24, 2.45) is 0 Å². The molecule has 0 bridgehead atoms. The molecule has 21 heavy (non-hydrogen) atoms. The number of nitrogens with one attached hydrogen (secondary N) is 1. The molecule has 0 aliphatic carbocycles. The van der Waals surface area contributed by atoms with Crippen LogP contribution in [-0.2, 0) is 6.42 Å². The first kappa shape index (κ1) is 16.1. The quantitative estimate of drug-likeness (QED) is 0.721. The average molecular weight is 302 g/mol. The molecule has 0 fully saturated rings. The Labute approximate surface area is 133 Å². The van der Waals surface area contributed by atoms with Crippen LogP contribution in [0.1, 0.15) is 56.0 Å². The summed E-state index contributed by atoms with van der Waals surface area (Å²) in [4.78, 5) is 0. The summed E-state index contributed by atoms with van der Waals surface area (Å²) in [5, 5.41) is 4.50. The molecule has 2 aromatic carbocycles. The van der Waals surface area contributed by atoms with E-state index in [1.54, 1.807) is 0 Å². The van der Waals surface area contributed by atoms with Crippen LogP contribution in [0.25, 0.3) is 0 Å². The number of rotatable bonds is 6. The third kappa shape index (κ3) is 4.33. The minimum Gasteiger partial charge on any atom is -0.303 e. The molecule has 0 saturated carbocycles. The molecule has 2 heteroatoms. The molecule has 1 N–H and O–H groups in total. The second-order valence-electron chi connectivity index (χ2n) is 5.50. The van der Waals surface area contributed by atoms with Gasteiger partial charge in [0.2, 0.25) is 0 Å². The summed E-state index contributed by atoms with van der Waals surface area (Å²) in [7, 11) is 0. The Balaban J connectivity index is 2.08. The van der Waals surface area contributed by atoms with E-state index in [-0.39, 0.29) is 0 Å². The molecular weight excluding hydrogens is 278 g/mol. The maximum absolute atomic E-state index is 5.95. The van der Waals surface area contributed by atoms with Crippen LogP contribution >= 0.6 is 11.6 Å². The normalized spacial score (nSPS) is 13.9. The molecule has 0 aromatic heterocycles. The molecule has 1 nitrogen and oxygen atoms in total. The van der Waals surface area contributed by atoms with E-state index in [4.69, 9.17) is 11.6 Å². The van der Waals surface area contributed by atoms with Crippen molar-refractivity contribution in [2.45, 2.75) is 45.7 Å². The largest absolute Gasteiger partial charge is 0.303 e. The standard InChI is InChI=1S/C19H24ClN/c1-4-15-6-8-17(9-7-15)19(5-2)21-14(3)16-10-12-18(20)13-11-16/h6-14,19,21H,4-5H2,1-3H3/t14-,19?/m1/s1. The molecule has 2 rings (SSSR count).